The SMILES string of the molecule is Cc1cc(-c2cn[nH]c2[C@@H]2CCCN(Cc3cscn3)C2)on1. The van der Waals surface area contributed by atoms with Crippen molar-refractivity contribution < 1.29 is 4.52 Å². The van der Waals surface area contributed by atoms with Crippen molar-refractivity contribution in [3.05, 3.63) is 40.2 Å². The van der Waals surface area contributed by atoms with Crippen molar-refractivity contribution in [3.63, 3.8) is 0 Å². The molecule has 1 N–H and O–H groups in total. The van der Waals surface area contributed by atoms with Crippen LogP contribution in [0.2, 0.25) is 0 Å². The summed E-state index contributed by atoms with van der Waals surface area (Å²) in [5.74, 6) is 1.23. The van der Waals surface area contributed by atoms with E-state index in [4.69, 9.17) is 4.52 Å². The number of H-pyrrole nitrogens is 1. The Morgan fingerprint density at radius 1 is 1.48 bits per heavy atom. The van der Waals surface area contributed by atoms with E-state index in [1.807, 2.05) is 24.7 Å². The number of rotatable bonds is 4. The second-order valence-corrected chi connectivity index (χ2v) is 6.80. The van der Waals surface area contributed by atoms with E-state index < -0.39 is 0 Å². The Morgan fingerprint density at radius 3 is 3.22 bits per heavy atom. The number of hydrogen-bond donors (Lipinski definition) is 1. The number of aromatic nitrogens is 4. The maximum Gasteiger partial charge on any atom is 0.170 e. The van der Waals surface area contributed by atoms with Crippen LogP contribution >= 0.6 is 11.3 Å². The highest BCUT2D eigenvalue weighted by Gasteiger charge is 2.26. The molecule has 0 saturated carbocycles. The standard InChI is InChI=1S/C16H19N5OS/c1-11-5-15(22-20-11)14-6-18-19-16(14)12-3-2-4-21(7-12)8-13-9-23-10-17-13/h5-6,9-10,12H,2-4,7-8H2,1H3,(H,18,19)/t12-/m1/s1. The zero-order valence-corrected chi connectivity index (χ0v) is 13.8. The topological polar surface area (TPSA) is 70.8 Å². The summed E-state index contributed by atoms with van der Waals surface area (Å²) < 4.78 is 5.42. The van der Waals surface area contributed by atoms with E-state index in [-0.39, 0.29) is 0 Å². The van der Waals surface area contributed by atoms with Crippen LogP contribution in [0.5, 0.6) is 0 Å². The molecule has 4 rings (SSSR count). The molecular formula is C16H19N5OS. The maximum atomic E-state index is 5.42. The van der Waals surface area contributed by atoms with Gasteiger partial charge in [0.25, 0.3) is 0 Å². The molecule has 0 radical (unpaired) electrons. The summed E-state index contributed by atoms with van der Waals surface area (Å²) in [5, 5.41) is 13.5. The Morgan fingerprint density at radius 2 is 2.43 bits per heavy atom. The molecule has 6 nitrogen and oxygen atoms in total. The molecule has 0 aliphatic carbocycles. The fraction of sp³-hybridized carbons (Fsp3) is 0.438. The van der Waals surface area contributed by atoms with Crippen LogP contribution in [0.15, 0.2) is 27.7 Å². The molecule has 1 aliphatic heterocycles. The summed E-state index contributed by atoms with van der Waals surface area (Å²) in [5.41, 5.74) is 6.14. The zero-order valence-electron chi connectivity index (χ0n) is 13.0. The van der Waals surface area contributed by atoms with Gasteiger partial charge in [-0.1, -0.05) is 5.16 Å². The van der Waals surface area contributed by atoms with Gasteiger partial charge in [-0.15, -0.1) is 11.3 Å². The van der Waals surface area contributed by atoms with E-state index in [0.717, 1.165) is 54.5 Å². The molecule has 0 amide bonds. The minimum absolute atomic E-state index is 0.435. The van der Waals surface area contributed by atoms with Gasteiger partial charge < -0.3 is 4.52 Å². The lowest BCUT2D eigenvalue weighted by Gasteiger charge is -2.32. The largest absolute Gasteiger partial charge is 0.356 e. The van der Waals surface area contributed by atoms with Crippen LogP contribution in [0.4, 0.5) is 0 Å². The van der Waals surface area contributed by atoms with Gasteiger partial charge in [0.05, 0.1) is 34.4 Å². The second-order valence-electron chi connectivity index (χ2n) is 6.08. The first kappa shape index (κ1) is 14.6. The molecule has 4 heterocycles. The molecule has 7 heteroatoms. The summed E-state index contributed by atoms with van der Waals surface area (Å²) >= 11 is 1.66. The molecule has 23 heavy (non-hydrogen) atoms. The number of nitrogens with zero attached hydrogens (tertiary/aromatic N) is 4. The number of aromatic amines is 1. The van der Waals surface area contributed by atoms with Gasteiger partial charge in [0, 0.05) is 30.5 Å². The number of nitrogens with one attached hydrogen (secondary N) is 1. The Hall–Kier alpha value is -1.99. The van der Waals surface area contributed by atoms with Gasteiger partial charge in [-0.05, 0) is 26.3 Å². The van der Waals surface area contributed by atoms with Gasteiger partial charge in [-0.3, -0.25) is 10.00 Å². The fourth-order valence-corrected chi connectivity index (χ4v) is 3.82. The van der Waals surface area contributed by atoms with E-state index in [1.54, 1.807) is 11.3 Å². The molecule has 0 aromatic carbocycles. The van der Waals surface area contributed by atoms with Gasteiger partial charge in [-0.2, -0.15) is 5.10 Å². The van der Waals surface area contributed by atoms with Crippen LogP contribution in [-0.4, -0.2) is 38.3 Å². The van der Waals surface area contributed by atoms with Crippen LogP contribution in [-0.2, 0) is 6.54 Å². The number of aryl methyl sites for hydroxylation is 1. The Kier molecular flexibility index (Phi) is 3.97. The van der Waals surface area contributed by atoms with Gasteiger partial charge >= 0.3 is 0 Å². The highest BCUT2D eigenvalue weighted by atomic mass is 32.1. The van der Waals surface area contributed by atoms with E-state index in [2.05, 4.69) is 30.6 Å². The zero-order chi connectivity index (χ0) is 15.6. The van der Waals surface area contributed by atoms with Crippen LogP contribution in [0.1, 0.15) is 35.8 Å². The van der Waals surface area contributed by atoms with Crippen molar-refractivity contribution in [2.24, 2.45) is 0 Å². The Balaban J connectivity index is 1.53. The van der Waals surface area contributed by atoms with E-state index in [0.29, 0.717) is 5.92 Å². The highest BCUT2D eigenvalue weighted by molar-refractivity contribution is 7.07. The summed E-state index contributed by atoms with van der Waals surface area (Å²) in [7, 11) is 0. The van der Waals surface area contributed by atoms with Gasteiger partial charge in [0.15, 0.2) is 5.76 Å². The van der Waals surface area contributed by atoms with E-state index in [9.17, 15) is 0 Å². The van der Waals surface area contributed by atoms with Crippen molar-refractivity contribution in [2.45, 2.75) is 32.2 Å². The van der Waals surface area contributed by atoms with Gasteiger partial charge in [-0.25, -0.2) is 4.98 Å². The molecule has 1 aliphatic rings. The normalized spacial score (nSPS) is 19.3. The van der Waals surface area contributed by atoms with Crippen LogP contribution in [0.3, 0.4) is 0 Å². The third kappa shape index (κ3) is 3.07. The summed E-state index contributed by atoms with van der Waals surface area (Å²) in [4.78, 5) is 6.87. The van der Waals surface area contributed by atoms with Gasteiger partial charge in [0.2, 0.25) is 0 Å². The molecular weight excluding hydrogens is 310 g/mol. The predicted octanol–water partition coefficient (Wildman–Crippen LogP) is 3.21. The van der Waals surface area contributed by atoms with Crippen molar-refractivity contribution in [2.75, 3.05) is 13.1 Å². The Bertz CT molecular complexity index is 763. The van der Waals surface area contributed by atoms with Crippen LogP contribution < -0.4 is 0 Å². The smallest absolute Gasteiger partial charge is 0.170 e. The number of thiazole rings is 1. The molecule has 0 spiro atoms. The lowest BCUT2D eigenvalue weighted by Crippen LogP contribution is -2.34. The third-order valence-corrected chi connectivity index (χ3v) is 4.98. The minimum atomic E-state index is 0.435. The summed E-state index contributed by atoms with van der Waals surface area (Å²) in [6.07, 6.45) is 4.19. The first-order valence-corrected chi connectivity index (χ1v) is 8.80. The van der Waals surface area contributed by atoms with Gasteiger partial charge in [0.1, 0.15) is 0 Å². The molecule has 0 unspecified atom stereocenters. The lowest BCUT2D eigenvalue weighted by atomic mass is 9.92. The quantitative estimate of drug-likeness (QED) is 0.796. The molecule has 1 fully saturated rings. The van der Waals surface area contributed by atoms with Crippen molar-refractivity contribution in [3.8, 4) is 11.3 Å². The first-order chi connectivity index (χ1) is 11.3. The third-order valence-electron chi connectivity index (χ3n) is 4.35. The monoisotopic (exact) mass is 329 g/mol. The fourth-order valence-electron chi connectivity index (χ4n) is 3.27. The molecule has 1 saturated heterocycles. The second kappa shape index (κ2) is 6.25. The first-order valence-electron chi connectivity index (χ1n) is 7.86. The predicted molar refractivity (Wildman–Crippen MR) is 88.2 cm³/mol. The maximum absolute atomic E-state index is 5.42. The lowest BCUT2D eigenvalue weighted by molar-refractivity contribution is 0.197. The molecule has 3 aromatic heterocycles. The summed E-state index contributed by atoms with van der Waals surface area (Å²) in [6.45, 7) is 4.99. The average molecular weight is 329 g/mol. The highest BCUT2D eigenvalue weighted by Crippen LogP contribution is 2.33. The van der Waals surface area contributed by atoms with Crippen molar-refractivity contribution in [1.82, 2.24) is 25.2 Å². The van der Waals surface area contributed by atoms with Crippen molar-refractivity contribution in [1.29, 1.82) is 0 Å². The van der Waals surface area contributed by atoms with Crippen LogP contribution in [0, 0.1) is 6.92 Å². The molecule has 120 valence electrons. The van der Waals surface area contributed by atoms with E-state index >= 15 is 0 Å². The van der Waals surface area contributed by atoms with Crippen LogP contribution in [0.25, 0.3) is 11.3 Å². The molecule has 1 atom stereocenters. The average Bonchev–Trinajstić information content (AvgIpc) is 3.28. The number of likely N-dealkylation sites (tertiary alicyclic amines) is 1. The van der Waals surface area contributed by atoms with Crippen molar-refractivity contribution >= 4 is 11.3 Å². The molecule has 0 bridgehead atoms. The minimum Gasteiger partial charge on any atom is -0.356 e. The summed E-state index contributed by atoms with van der Waals surface area (Å²) in [6, 6.07) is 1.96. The number of hydrogen-bond acceptors (Lipinski definition) is 6. The Labute approximate surface area is 138 Å². The molecule has 3 aromatic rings. The van der Waals surface area contributed by atoms with E-state index in [1.165, 1.54) is 6.42 Å². The number of piperidine rings is 1.